The first-order chi connectivity index (χ1) is 8.33. The van der Waals surface area contributed by atoms with Gasteiger partial charge in [-0.2, -0.15) is 0 Å². The highest BCUT2D eigenvalue weighted by Crippen LogP contribution is 2.69. The Morgan fingerprint density at radius 3 is 1.47 bits per heavy atom. The van der Waals surface area contributed by atoms with E-state index in [2.05, 4.69) is 47.0 Å². The van der Waals surface area contributed by atoms with Gasteiger partial charge in [-0.3, -0.25) is 0 Å². The van der Waals surface area contributed by atoms with E-state index in [4.69, 9.17) is 0 Å². The summed E-state index contributed by atoms with van der Waals surface area (Å²) in [5, 5.41) is 0. The van der Waals surface area contributed by atoms with Crippen LogP contribution in [0.4, 0.5) is 0 Å². The van der Waals surface area contributed by atoms with Crippen LogP contribution in [0.25, 0.3) is 0 Å². The van der Waals surface area contributed by atoms with E-state index in [0.29, 0.717) is 8.16 Å². The van der Waals surface area contributed by atoms with Gasteiger partial charge in [0.1, 0.15) is 0 Å². The Balaban J connectivity index is 1.67. The molecule has 3 aliphatic carbocycles. The molecule has 0 nitrogen and oxygen atoms in total. The summed E-state index contributed by atoms with van der Waals surface area (Å²) in [6, 6.07) is 0. The van der Waals surface area contributed by atoms with Crippen molar-refractivity contribution in [1.82, 2.24) is 0 Å². The predicted molar refractivity (Wildman–Crippen MR) is 85.4 cm³/mol. The smallest absolute Gasteiger partial charge is 0.0643 e. The highest BCUT2D eigenvalue weighted by Gasteiger charge is 2.58. The lowest BCUT2D eigenvalue weighted by Gasteiger charge is -2.49. The van der Waals surface area contributed by atoms with Gasteiger partial charge < -0.3 is 0 Å². The van der Waals surface area contributed by atoms with E-state index in [1.165, 1.54) is 55.1 Å². The van der Waals surface area contributed by atoms with Crippen molar-refractivity contribution in [3.8, 4) is 0 Å². The van der Waals surface area contributed by atoms with Crippen molar-refractivity contribution in [2.45, 2.75) is 40.3 Å². The molecule has 0 aromatic carbocycles. The van der Waals surface area contributed by atoms with E-state index in [0.717, 1.165) is 11.8 Å². The fraction of sp³-hybridized carbons (Fsp3) is 1.00. The van der Waals surface area contributed by atoms with E-state index >= 15 is 0 Å². The van der Waals surface area contributed by atoms with Gasteiger partial charge in [0.25, 0.3) is 0 Å². The Labute approximate surface area is 122 Å². The van der Waals surface area contributed by atoms with Crippen molar-refractivity contribution < 1.29 is 0 Å². The van der Waals surface area contributed by atoms with Crippen LogP contribution < -0.4 is 0 Å². The SMILES string of the molecule is C1C[C@H]2CC3(SCCS3)[C@@H](C1)CC21SCCS1. The molecule has 3 saturated carbocycles. The number of hydrogen-bond acceptors (Lipinski definition) is 4. The van der Waals surface area contributed by atoms with Crippen LogP contribution in [-0.2, 0) is 0 Å². The highest BCUT2D eigenvalue weighted by atomic mass is 32.2. The fourth-order valence-corrected chi connectivity index (χ4v) is 11.6. The van der Waals surface area contributed by atoms with Crippen LogP contribution in [0.5, 0.6) is 0 Å². The van der Waals surface area contributed by atoms with Crippen molar-refractivity contribution in [3.63, 3.8) is 0 Å². The summed E-state index contributed by atoms with van der Waals surface area (Å²) in [7, 11) is 0. The summed E-state index contributed by atoms with van der Waals surface area (Å²) in [5.41, 5.74) is 0. The maximum atomic E-state index is 2.33. The lowest BCUT2D eigenvalue weighted by atomic mass is 9.82. The molecule has 5 fully saturated rings. The molecule has 2 spiro atoms. The standard InChI is InChI=1S/C13H20S4/c1-2-10-8-13(16-6-7-17-13)11(3-1)9-12(10)14-4-5-15-12/h10-11H,1-9H2/t10-,11-/m0/s1. The van der Waals surface area contributed by atoms with Gasteiger partial charge >= 0.3 is 0 Å². The molecule has 0 radical (unpaired) electrons. The van der Waals surface area contributed by atoms with Gasteiger partial charge in [-0.25, -0.2) is 0 Å². The van der Waals surface area contributed by atoms with Gasteiger partial charge in [0, 0.05) is 23.0 Å². The van der Waals surface area contributed by atoms with E-state index in [1.54, 1.807) is 0 Å². The van der Waals surface area contributed by atoms with Crippen molar-refractivity contribution in [2.75, 3.05) is 23.0 Å². The first-order valence-electron chi connectivity index (χ1n) is 6.89. The molecule has 5 aliphatic rings. The Kier molecular flexibility index (Phi) is 3.19. The van der Waals surface area contributed by atoms with E-state index in [-0.39, 0.29) is 0 Å². The molecule has 0 amide bonds. The molecular weight excluding hydrogens is 284 g/mol. The molecule has 4 heteroatoms. The minimum Gasteiger partial charge on any atom is -0.143 e. The number of hydrogen-bond donors (Lipinski definition) is 0. The Bertz CT molecular complexity index is 275. The molecule has 2 saturated heterocycles. The minimum atomic E-state index is 0.663. The van der Waals surface area contributed by atoms with Crippen LogP contribution in [-0.4, -0.2) is 31.2 Å². The van der Waals surface area contributed by atoms with Gasteiger partial charge in [-0.1, -0.05) is 6.42 Å². The first kappa shape index (κ1) is 12.2. The Hall–Kier alpha value is 1.40. The molecule has 0 aromatic heterocycles. The maximum absolute atomic E-state index is 2.33. The average Bonchev–Trinajstić information content (AvgIpc) is 2.87. The number of fused-ring (bicyclic) bond motifs is 2. The molecular formula is C13H20S4. The molecule has 5 rings (SSSR count). The minimum absolute atomic E-state index is 0.663. The topological polar surface area (TPSA) is 0 Å². The van der Waals surface area contributed by atoms with Gasteiger partial charge in [-0.05, 0) is 37.5 Å². The highest BCUT2D eigenvalue weighted by molar-refractivity contribution is 8.22. The lowest BCUT2D eigenvalue weighted by molar-refractivity contribution is 0.292. The fourth-order valence-electron chi connectivity index (χ4n) is 4.23. The normalized spacial score (nSPS) is 42.4. The van der Waals surface area contributed by atoms with Gasteiger partial charge in [0.15, 0.2) is 0 Å². The van der Waals surface area contributed by atoms with Gasteiger partial charge in [0.05, 0.1) is 8.16 Å². The average molecular weight is 305 g/mol. The summed E-state index contributed by atoms with van der Waals surface area (Å²) in [4.78, 5) is 0. The largest absolute Gasteiger partial charge is 0.143 e. The van der Waals surface area contributed by atoms with Crippen LogP contribution in [0.3, 0.4) is 0 Å². The maximum Gasteiger partial charge on any atom is 0.0643 e. The van der Waals surface area contributed by atoms with Crippen LogP contribution in [0, 0.1) is 11.8 Å². The third kappa shape index (κ3) is 1.84. The summed E-state index contributed by atoms with van der Waals surface area (Å²) in [5.74, 6) is 7.72. The van der Waals surface area contributed by atoms with Crippen LogP contribution in [0.2, 0.25) is 0 Å². The third-order valence-corrected chi connectivity index (χ3v) is 12.5. The summed E-state index contributed by atoms with van der Waals surface area (Å²) < 4.78 is 1.33. The second-order valence-electron chi connectivity index (χ2n) is 5.75. The quantitative estimate of drug-likeness (QED) is 0.643. The van der Waals surface area contributed by atoms with Crippen LogP contribution in [0.15, 0.2) is 0 Å². The van der Waals surface area contributed by atoms with Gasteiger partial charge in [-0.15, -0.1) is 47.0 Å². The zero-order valence-corrected chi connectivity index (χ0v) is 13.4. The molecule has 2 aliphatic heterocycles. The second-order valence-corrected chi connectivity index (χ2v) is 12.0. The van der Waals surface area contributed by atoms with Crippen molar-refractivity contribution in [1.29, 1.82) is 0 Å². The number of rotatable bonds is 0. The third-order valence-electron chi connectivity index (χ3n) is 4.96. The van der Waals surface area contributed by atoms with Crippen LogP contribution in [0.1, 0.15) is 32.1 Å². The van der Waals surface area contributed by atoms with Crippen LogP contribution >= 0.6 is 47.0 Å². The Morgan fingerprint density at radius 1 is 0.647 bits per heavy atom. The van der Waals surface area contributed by atoms with E-state index in [1.807, 2.05) is 0 Å². The lowest BCUT2D eigenvalue weighted by Crippen LogP contribution is -2.45. The zero-order valence-electron chi connectivity index (χ0n) is 10.2. The van der Waals surface area contributed by atoms with E-state index < -0.39 is 0 Å². The Morgan fingerprint density at radius 2 is 1.06 bits per heavy atom. The molecule has 0 N–H and O–H groups in total. The number of thioether (sulfide) groups is 4. The predicted octanol–water partition coefficient (Wildman–Crippen LogP) is 4.55. The molecule has 96 valence electrons. The molecule has 17 heavy (non-hydrogen) atoms. The molecule has 0 unspecified atom stereocenters. The van der Waals surface area contributed by atoms with E-state index in [9.17, 15) is 0 Å². The van der Waals surface area contributed by atoms with Crippen molar-refractivity contribution in [3.05, 3.63) is 0 Å². The second kappa shape index (κ2) is 4.46. The van der Waals surface area contributed by atoms with Crippen molar-refractivity contribution >= 4 is 47.0 Å². The first-order valence-corrected chi connectivity index (χ1v) is 10.8. The summed E-state index contributed by atoms with van der Waals surface area (Å²) >= 11 is 9.31. The summed E-state index contributed by atoms with van der Waals surface area (Å²) in [6.45, 7) is 0. The zero-order chi connectivity index (χ0) is 11.3. The summed E-state index contributed by atoms with van der Waals surface area (Å²) in [6.07, 6.45) is 7.64. The monoisotopic (exact) mass is 304 g/mol. The van der Waals surface area contributed by atoms with Crippen molar-refractivity contribution in [2.24, 2.45) is 11.8 Å². The van der Waals surface area contributed by atoms with Gasteiger partial charge in [0.2, 0.25) is 0 Å². The molecule has 2 atom stereocenters. The molecule has 0 aromatic rings. The molecule has 2 heterocycles. The molecule has 2 bridgehead atoms.